The molecule has 0 aliphatic rings. The van der Waals surface area contributed by atoms with Crippen molar-refractivity contribution in [1.82, 2.24) is 4.31 Å². The number of sulfonamides is 1. The number of carbonyl (C=O) groups is 2. The molecule has 1 N–H and O–H groups in total. The first-order chi connectivity index (χ1) is 14.1. The third-order valence-electron chi connectivity index (χ3n) is 4.03. The molecule has 0 saturated heterocycles. The number of nitrogens with zero attached hydrogens (tertiary/aromatic N) is 1. The lowest BCUT2D eigenvalue weighted by Crippen LogP contribution is -2.30. The quantitative estimate of drug-likeness (QED) is 0.481. The summed E-state index contributed by atoms with van der Waals surface area (Å²) in [5, 5.41) is 2.04. The van der Waals surface area contributed by atoms with Crippen molar-refractivity contribution in [3.05, 3.63) is 58.6 Å². The molecular formula is C19H19ClF2N2O5S. The van der Waals surface area contributed by atoms with E-state index >= 15 is 0 Å². The zero-order valence-corrected chi connectivity index (χ0v) is 17.7. The van der Waals surface area contributed by atoms with E-state index < -0.39 is 45.7 Å². The second kappa shape index (κ2) is 9.96. The Hall–Kier alpha value is -2.56. The van der Waals surface area contributed by atoms with E-state index in [9.17, 15) is 26.8 Å². The van der Waals surface area contributed by atoms with Gasteiger partial charge in [-0.05, 0) is 30.3 Å². The molecule has 0 aliphatic heterocycles. The molecule has 11 heteroatoms. The summed E-state index contributed by atoms with van der Waals surface area (Å²) < 4.78 is 57.5. The minimum atomic E-state index is -3.72. The van der Waals surface area contributed by atoms with Gasteiger partial charge in [0.2, 0.25) is 10.0 Å². The van der Waals surface area contributed by atoms with Gasteiger partial charge in [-0.25, -0.2) is 22.0 Å². The number of anilines is 1. The molecule has 2 aromatic rings. The summed E-state index contributed by atoms with van der Waals surface area (Å²) in [6.07, 6.45) is 0. The number of nitrogens with one attached hydrogen (secondary N) is 1. The van der Waals surface area contributed by atoms with Crippen molar-refractivity contribution in [2.24, 2.45) is 0 Å². The average Bonchev–Trinajstić information content (AvgIpc) is 2.70. The van der Waals surface area contributed by atoms with E-state index in [0.29, 0.717) is 12.1 Å². The van der Waals surface area contributed by atoms with Crippen LogP contribution in [0.1, 0.15) is 24.2 Å². The molecule has 0 saturated carbocycles. The molecule has 0 aromatic heterocycles. The maximum absolute atomic E-state index is 13.3. The van der Waals surface area contributed by atoms with Gasteiger partial charge in [0.15, 0.2) is 18.2 Å². The summed E-state index contributed by atoms with van der Waals surface area (Å²) in [5.74, 6) is -4.40. The van der Waals surface area contributed by atoms with Gasteiger partial charge >= 0.3 is 5.97 Å². The Balaban J connectivity index is 2.05. The molecule has 0 radical (unpaired) electrons. The molecule has 0 aliphatic carbocycles. The van der Waals surface area contributed by atoms with Crippen LogP contribution in [-0.4, -0.2) is 44.3 Å². The minimum absolute atomic E-state index is 0.00503. The molecule has 2 rings (SSSR count). The summed E-state index contributed by atoms with van der Waals surface area (Å²) in [6.45, 7) is 3.25. The fraction of sp³-hybridized carbons (Fsp3) is 0.263. The van der Waals surface area contributed by atoms with Crippen LogP contribution in [0.2, 0.25) is 5.02 Å². The van der Waals surface area contributed by atoms with Gasteiger partial charge in [0, 0.05) is 18.8 Å². The molecule has 30 heavy (non-hydrogen) atoms. The van der Waals surface area contributed by atoms with Gasteiger partial charge in [0.25, 0.3) is 5.91 Å². The van der Waals surface area contributed by atoms with Gasteiger partial charge < -0.3 is 10.1 Å². The van der Waals surface area contributed by atoms with Crippen LogP contribution in [0.15, 0.2) is 41.3 Å². The second-order valence-corrected chi connectivity index (χ2v) is 8.33. The first-order valence-electron chi connectivity index (χ1n) is 8.81. The normalized spacial score (nSPS) is 11.4. The Kier molecular flexibility index (Phi) is 7.88. The highest BCUT2D eigenvalue weighted by Crippen LogP contribution is 2.21. The Labute approximate surface area is 177 Å². The van der Waals surface area contributed by atoms with E-state index in [1.807, 2.05) is 0 Å². The Bertz CT molecular complexity index is 1060. The summed E-state index contributed by atoms with van der Waals surface area (Å²) in [6, 6.07) is 6.79. The Morgan fingerprint density at radius 1 is 1.10 bits per heavy atom. The highest BCUT2D eigenvalue weighted by atomic mass is 35.5. The Morgan fingerprint density at radius 2 is 1.73 bits per heavy atom. The molecule has 2 aromatic carbocycles. The SMILES string of the molecule is CCN(CC)S(=O)(=O)c1cccc(NC(=O)COC(=O)c2cc(F)c(F)cc2Cl)c1. The van der Waals surface area contributed by atoms with E-state index in [2.05, 4.69) is 5.32 Å². The van der Waals surface area contributed by atoms with Crippen molar-refractivity contribution in [2.75, 3.05) is 25.0 Å². The van der Waals surface area contributed by atoms with Crippen LogP contribution in [-0.2, 0) is 19.6 Å². The van der Waals surface area contributed by atoms with Gasteiger partial charge in [-0.1, -0.05) is 31.5 Å². The summed E-state index contributed by atoms with van der Waals surface area (Å²) >= 11 is 5.68. The van der Waals surface area contributed by atoms with E-state index in [-0.39, 0.29) is 28.7 Å². The lowest BCUT2D eigenvalue weighted by atomic mass is 10.2. The average molecular weight is 461 g/mol. The van der Waals surface area contributed by atoms with Gasteiger partial charge in [0.1, 0.15) is 0 Å². The van der Waals surface area contributed by atoms with Crippen molar-refractivity contribution >= 4 is 39.2 Å². The minimum Gasteiger partial charge on any atom is -0.452 e. The van der Waals surface area contributed by atoms with Gasteiger partial charge in [0.05, 0.1) is 15.5 Å². The van der Waals surface area contributed by atoms with Crippen LogP contribution in [0.25, 0.3) is 0 Å². The number of hydrogen-bond acceptors (Lipinski definition) is 5. The van der Waals surface area contributed by atoms with Gasteiger partial charge in [-0.2, -0.15) is 4.31 Å². The van der Waals surface area contributed by atoms with Crippen LogP contribution in [0.3, 0.4) is 0 Å². The van der Waals surface area contributed by atoms with Crippen LogP contribution in [0.4, 0.5) is 14.5 Å². The number of benzene rings is 2. The molecule has 0 atom stereocenters. The van der Waals surface area contributed by atoms with Crippen molar-refractivity contribution in [1.29, 1.82) is 0 Å². The number of amides is 1. The van der Waals surface area contributed by atoms with Crippen LogP contribution < -0.4 is 5.32 Å². The molecule has 0 fully saturated rings. The van der Waals surface area contributed by atoms with E-state index in [0.717, 1.165) is 0 Å². The topological polar surface area (TPSA) is 92.8 Å². The number of halogens is 3. The van der Waals surface area contributed by atoms with Crippen molar-refractivity contribution in [3.8, 4) is 0 Å². The maximum atomic E-state index is 13.3. The number of hydrogen-bond donors (Lipinski definition) is 1. The summed E-state index contributed by atoms with van der Waals surface area (Å²) in [4.78, 5) is 24.0. The molecular weight excluding hydrogens is 442 g/mol. The summed E-state index contributed by atoms with van der Waals surface area (Å²) in [5.41, 5.74) is -0.259. The van der Waals surface area contributed by atoms with Crippen molar-refractivity contribution < 1.29 is 31.5 Å². The molecule has 7 nitrogen and oxygen atoms in total. The lowest BCUT2D eigenvalue weighted by molar-refractivity contribution is -0.119. The fourth-order valence-corrected chi connectivity index (χ4v) is 4.26. The number of ether oxygens (including phenoxy) is 1. The van der Waals surface area contributed by atoms with E-state index in [4.69, 9.17) is 16.3 Å². The van der Waals surface area contributed by atoms with E-state index in [1.165, 1.54) is 28.6 Å². The monoisotopic (exact) mass is 460 g/mol. The zero-order valence-electron chi connectivity index (χ0n) is 16.1. The Morgan fingerprint density at radius 3 is 2.37 bits per heavy atom. The predicted octanol–water partition coefficient (Wildman–Crippen LogP) is 3.44. The maximum Gasteiger partial charge on any atom is 0.340 e. The molecule has 1 amide bonds. The largest absolute Gasteiger partial charge is 0.452 e. The first kappa shape index (κ1) is 23.7. The van der Waals surface area contributed by atoms with Crippen molar-refractivity contribution in [3.63, 3.8) is 0 Å². The lowest BCUT2D eigenvalue weighted by Gasteiger charge is -2.18. The smallest absolute Gasteiger partial charge is 0.340 e. The third-order valence-corrected chi connectivity index (χ3v) is 6.38. The number of esters is 1. The molecule has 0 heterocycles. The van der Waals surface area contributed by atoms with Gasteiger partial charge in [-0.3, -0.25) is 4.79 Å². The number of rotatable bonds is 8. The van der Waals surface area contributed by atoms with Crippen molar-refractivity contribution in [2.45, 2.75) is 18.7 Å². The second-order valence-electron chi connectivity index (χ2n) is 5.99. The third kappa shape index (κ3) is 5.53. The van der Waals surface area contributed by atoms with Gasteiger partial charge in [-0.15, -0.1) is 0 Å². The summed E-state index contributed by atoms with van der Waals surface area (Å²) in [7, 11) is -3.72. The molecule has 0 spiro atoms. The molecule has 0 bridgehead atoms. The van der Waals surface area contributed by atoms with Crippen LogP contribution >= 0.6 is 11.6 Å². The number of carbonyl (C=O) groups excluding carboxylic acids is 2. The first-order valence-corrected chi connectivity index (χ1v) is 10.6. The fourth-order valence-electron chi connectivity index (χ4n) is 2.53. The highest BCUT2D eigenvalue weighted by Gasteiger charge is 2.22. The molecule has 162 valence electrons. The van der Waals surface area contributed by atoms with Crippen LogP contribution in [0, 0.1) is 11.6 Å². The standard InChI is InChI=1S/C19H19ClF2N2O5S/c1-3-24(4-2)30(27,28)13-7-5-6-12(8-13)23-18(25)11-29-19(26)14-9-16(21)17(22)10-15(14)20/h5-10H,3-4,11H2,1-2H3,(H,23,25). The predicted molar refractivity (Wildman–Crippen MR) is 107 cm³/mol. The van der Waals surface area contributed by atoms with E-state index in [1.54, 1.807) is 13.8 Å². The highest BCUT2D eigenvalue weighted by molar-refractivity contribution is 7.89. The zero-order chi connectivity index (χ0) is 22.5. The molecule has 0 unspecified atom stereocenters. The van der Waals surface area contributed by atoms with Crippen LogP contribution in [0.5, 0.6) is 0 Å².